The second kappa shape index (κ2) is 9.66. The van der Waals surface area contributed by atoms with Crippen molar-refractivity contribution >= 4 is 47.7 Å². The van der Waals surface area contributed by atoms with Gasteiger partial charge in [0.15, 0.2) is 8.32 Å². The predicted molar refractivity (Wildman–Crippen MR) is 137 cm³/mol. The van der Waals surface area contributed by atoms with Crippen molar-refractivity contribution < 1.29 is 23.8 Å². The Labute approximate surface area is 200 Å². The molecule has 7 heteroatoms. The highest BCUT2D eigenvalue weighted by Crippen LogP contribution is 2.43. The molecule has 0 aliphatic heterocycles. The van der Waals surface area contributed by atoms with E-state index in [1.54, 1.807) is 13.2 Å². The van der Waals surface area contributed by atoms with E-state index in [0.29, 0.717) is 12.0 Å². The minimum absolute atomic E-state index is 0.0328. The molecule has 0 aliphatic rings. The molecule has 0 saturated heterocycles. The molecule has 0 unspecified atom stereocenters. The molecule has 0 bridgehead atoms. The van der Waals surface area contributed by atoms with Crippen molar-refractivity contribution in [1.29, 1.82) is 0 Å². The van der Waals surface area contributed by atoms with Crippen LogP contribution in [0.5, 0.6) is 11.5 Å². The molecule has 0 heterocycles. The van der Waals surface area contributed by atoms with Crippen LogP contribution in [0.4, 0.5) is 0 Å². The third-order valence-electron chi connectivity index (χ3n) is 6.45. The van der Waals surface area contributed by atoms with Crippen molar-refractivity contribution in [3.05, 3.63) is 32.9 Å². The van der Waals surface area contributed by atoms with Gasteiger partial charge >= 0.3 is 5.97 Å². The van der Waals surface area contributed by atoms with Gasteiger partial charge in [-0.3, -0.25) is 0 Å². The fourth-order valence-corrected chi connectivity index (χ4v) is 5.04. The summed E-state index contributed by atoms with van der Waals surface area (Å²) < 4.78 is 17.9. The molecular formula is C24H35IO5Si. The maximum absolute atomic E-state index is 12.4. The molecule has 2 rings (SSSR count). The number of ether oxygens (including phenoxy) is 2. The Bertz CT molecular complexity index is 963. The first kappa shape index (κ1) is 25.9. The summed E-state index contributed by atoms with van der Waals surface area (Å²) in [5.41, 5.74) is 1.13. The fourth-order valence-electron chi connectivity index (χ4n) is 3.32. The summed E-state index contributed by atoms with van der Waals surface area (Å²) in [5, 5.41) is 12.5. The third-order valence-corrected chi connectivity index (χ3v) is 11.8. The lowest BCUT2D eigenvalue weighted by molar-refractivity contribution is 0.0597. The molecule has 5 nitrogen and oxygen atoms in total. The summed E-state index contributed by atoms with van der Waals surface area (Å²) >= 11 is 2.17. The Hall–Kier alpha value is -1.32. The smallest absolute Gasteiger partial charge is 0.341 e. The molecule has 1 atom stereocenters. The van der Waals surface area contributed by atoms with Crippen LogP contribution < -0.4 is 4.74 Å². The fraction of sp³-hybridized carbons (Fsp3) is 0.542. The monoisotopic (exact) mass is 558 g/mol. The molecule has 0 saturated carbocycles. The number of carbonyl (C=O) groups is 1. The number of phenolic OH excluding ortho intramolecular Hbond substituents is 1. The van der Waals surface area contributed by atoms with Crippen molar-refractivity contribution in [2.24, 2.45) is 5.92 Å². The number of rotatable bonds is 7. The molecule has 2 aromatic carbocycles. The summed E-state index contributed by atoms with van der Waals surface area (Å²) in [7, 11) is 0.994. The first-order chi connectivity index (χ1) is 14.2. The van der Waals surface area contributed by atoms with Crippen molar-refractivity contribution in [1.82, 2.24) is 0 Å². The number of esters is 1. The quantitative estimate of drug-likeness (QED) is 0.233. The van der Waals surface area contributed by atoms with Gasteiger partial charge in [0.1, 0.15) is 17.1 Å². The van der Waals surface area contributed by atoms with E-state index in [2.05, 4.69) is 70.3 Å². The highest BCUT2D eigenvalue weighted by atomic mass is 127. The summed E-state index contributed by atoms with van der Waals surface area (Å²) in [6.07, 6.45) is 0. The van der Waals surface area contributed by atoms with Crippen LogP contribution in [0.25, 0.3) is 10.8 Å². The normalized spacial score (nSPS) is 13.5. The number of halogens is 1. The van der Waals surface area contributed by atoms with Gasteiger partial charge in [0.25, 0.3) is 0 Å². The van der Waals surface area contributed by atoms with Crippen LogP contribution in [-0.2, 0) is 9.16 Å². The molecule has 0 aromatic heterocycles. The van der Waals surface area contributed by atoms with Crippen LogP contribution in [0.2, 0.25) is 18.1 Å². The predicted octanol–water partition coefficient (Wildman–Crippen LogP) is 6.71. The number of fused-ring (bicyclic) bond motifs is 1. The van der Waals surface area contributed by atoms with Crippen LogP contribution in [0.15, 0.2) is 18.2 Å². The maximum Gasteiger partial charge on any atom is 0.341 e. The van der Waals surface area contributed by atoms with E-state index >= 15 is 0 Å². The minimum Gasteiger partial charge on any atom is -0.506 e. The van der Waals surface area contributed by atoms with Crippen molar-refractivity contribution in [2.75, 3.05) is 20.8 Å². The zero-order chi connectivity index (χ0) is 23.7. The van der Waals surface area contributed by atoms with Crippen LogP contribution >= 0.6 is 22.6 Å². The van der Waals surface area contributed by atoms with Gasteiger partial charge in [-0.05, 0) is 75.8 Å². The molecule has 2 aromatic rings. The topological polar surface area (TPSA) is 65.0 Å². The highest BCUT2D eigenvalue weighted by Gasteiger charge is 2.38. The van der Waals surface area contributed by atoms with Crippen molar-refractivity contribution in [3.8, 4) is 11.5 Å². The molecule has 31 heavy (non-hydrogen) atoms. The lowest BCUT2D eigenvalue weighted by atomic mass is 9.84. The maximum atomic E-state index is 12.4. The Kier molecular flexibility index (Phi) is 8.08. The number of phenols is 1. The minimum atomic E-state index is -1.96. The Morgan fingerprint density at radius 3 is 2.23 bits per heavy atom. The van der Waals surface area contributed by atoms with Crippen LogP contribution in [0, 0.1) is 9.49 Å². The lowest BCUT2D eigenvalue weighted by Crippen LogP contribution is -2.42. The van der Waals surface area contributed by atoms with E-state index in [1.165, 1.54) is 7.11 Å². The van der Waals surface area contributed by atoms with Gasteiger partial charge in [0.2, 0.25) is 0 Å². The molecule has 0 spiro atoms. The van der Waals surface area contributed by atoms with E-state index in [-0.39, 0.29) is 28.2 Å². The van der Waals surface area contributed by atoms with Crippen molar-refractivity contribution in [3.63, 3.8) is 0 Å². The average molecular weight is 559 g/mol. The number of carbonyl (C=O) groups excluding carboxylic acids is 1. The average Bonchev–Trinajstić information content (AvgIpc) is 2.67. The number of hydrogen-bond acceptors (Lipinski definition) is 5. The van der Waals surface area contributed by atoms with Crippen LogP contribution in [-0.4, -0.2) is 40.2 Å². The first-order valence-corrected chi connectivity index (χ1v) is 14.5. The Morgan fingerprint density at radius 2 is 1.74 bits per heavy atom. The third kappa shape index (κ3) is 5.36. The summed E-state index contributed by atoms with van der Waals surface area (Å²) in [6.45, 7) is 16.0. The Morgan fingerprint density at radius 1 is 1.13 bits per heavy atom. The Balaban J connectivity index is 2.73. The zero-order valence-corrected chi connectivity index (χ0v) is 23.2. The number of methoxy groups -OCH3 is 2. The molecule has 0 amide bonds. The number of benzene rings is 2. The SMILES string of the molecule is COC(=O)c1cc([C@H](CO[Si](C)(C)C(C)(C)C)C(C)C)c2cc(OC)c(I)cc2c1O. The van der Waals surface area contributed by atoms with Crippen LogP contribution in [0.3, 0.4) is 0 Å². The second-order valence-corrected chi connectivity index (χ2v) is 15.8. The molecule has 1 N–H and O–H groups in total. The lowest BCUT2D eigenvalue weighted by Gasteiger charge is -2.38. The van der Waals surface area contributed by atoms with Gasteiger partial charge in [-0.15, -0.1) is 0 Å². The molecule has 0 aliphatic carbocycles. The summed E-state index contributed by atoms with van der Waals surface area (Å²) in [5.74, 6) is 0.393. The summed E-state index contributed by atoms with van der Waals surface area (Å²) in [4.78, 5) is 12.4. The van der Waals surface area contributed by atoms with Gasteiger partial charge in [0, 0.05) is 17.9 Å². The van der Waals surface area contributed by atoms with E-state index < -0.39 is 14.3 Å². The van der Waals surface area contributed by atoms with E-state index in [0.717, 1.165) is 20.3 Å². The van der Waals surface area contributed by atoms with E-state index in [1.807, 2.05) is 12.1 Å². The number of aromatic hydroxyl groups is 1. The molecule has 172 valence electrons. The van der Waals surface area contributed by atoms with Crippen molar-refractivity contribution in [2.45, 2.75) is 58.7 Å². The van der Waals surface area contributed by atoms with Gasteiger partial charge in [-0.1, -0.05) is 34.6 Å². The highest BCUT2D eigenvalue weighted by molar-refractivity contribution is 14.1. The second-order valence-electron chi connectivity index (χ2n) is 9.81. The van der Waals surface area contributed by atoms with Gasteiger partial charge in [0.05, 0.1) is 17.8 Å². The van der Waals surface area contributed by atoms with Gasteiger partial charge < -0.3 is 19.0 Å². The van der Waals surface area contributed by atoms with Gasteiger partial charge in [-0.2, -0.15) is 0 Å². The van der Waals surface area contributed by atoms with Crippen LogP contribution in [0.1, 0.15) is 56.5 Å². The largest absolute Gasteiger partial charge is 0.506 e. The molecule has 0 fully saturated rings. The first-order valence-electron chi connectivity index (χ1n) is 10.5. The van der Waals surface area contributed by atoms with E-state index in [9.17, 15) is 9.90 Å². The van der Waals surface area contributed by atoms with Gasteiger partial charge in [-0.25, -0.2) is 4.79 Å². The zero-order valence-electron chi connectivity index (χ0n) is 20.1. The molecular weight excluding hydrogens is 523 g/mol. The molecule has 0 radical (unpaired) electrons. The standard InChI is InChI=1S/C24H35IO5Si/c1-14(2)19(13-30-31(8,9)24(3,4)5)15-10-18(23(27)29-7)22(26)17-11-20(25)21(28-6)12-16(15)17/h10-12,14,19,26H,13H2,1-9H3/t19-/m1/s1. The summed E-state index contributed by atoms with van der Waals surface area (Å²) in [6, 6.07) is 5.55. The number of hydrogen-bond donors (Lipinski definition) is 1. The van der Waals surface area contributed by atoms with E-state index in [4.69, 9.17) is 13.9 Å².